The summed E-state index contributed by atoms with van der Waals surface area (Å²) < 4.78 is 21.4. The fourth-order valence-electron chi connectivity index (χ4n) is 1.11. The van der Waals surface area contributed by atoms with E-state index in [4.69, 9.17) is 5.11 Å². The molecule has 6 nitrogen and oxygen atoms in total. The van der Waals surface area contributed by atoms with E-state index < -0.39 is 27.5 Å². The molecule has 0 aromatic heterocycles. The van der Waals surface area contributed by atoms with Gasteiger partial charge in [-0.25, -0.2) is 8.42 Å². The highest BCUT2D eigenvalue weighted by Gasteiger charge is 2.14. The zero-order valence-corrected chi connectivity index (χ0v) is 8.46. The fraction of sp³-hybridized carbons (Fsp3) is 0.250. The number of aliphatic hydroxyl groups is 1. The molecule has 1 N–H and O–H groups in total. The third-order valence-corrected chi connectivity index (χ3v) is 2.89. The molecule has 0 aliphatic heterocycles. The molecule has 0 aliphatic carbocycles. The standard InChI is InChI=1S/C8H9NO5S/c10-5-8(15(13)14)6-1-3-7(4-2-6)9(11)12/h1-4,8,10,15H,5H2. The molecule has 1 atom stereocenters. The molecule has 0 radical (unpaired) electrons. The van der Waals surface area contributed by atoms with Crippen molar-refractivity contribution < 1.29 is 18.4 Å². The number of nitro groups is 1. The molecule has 0 saturated carbocycles. The van der Waals surface area contributed by atoms with Crippen LogP contribution in [0.4, 0.5) is 5.69 Å². The fourth-order valence-corrected chi connectivity index (χ4v) is 1.66. The smallest absolute Gasteiger partial charge is 0.269 e. The van der Waals surface area contributed by atoms with E-state index in [0.29, 0.717) is 5.56 Å². The highest BCUT2D eigenvalue weighted by Crippen LogP contribution is 2.19. The van der Waals surface area contributed by atoms with Gasteiger partial charge in [-0.3, -0.25) is 10.1 Å². The Balaban J connectivity index is 3.02. The highest BCUT2D eigenvalue weighted by atomic mass is 32.2. The number of nitrogens with zero attached hydrogens (tertiary/aromatic N) is 1. The number of hydrogen-bond donors (Lipinski definition) is 2. The number of non-ortho nitro benzene ring substituents is 1. The van der Waals surface area contributed by atoms with Gasteiger partial charge >= 0.3 is 0 Å². The van der Waals surface area contributed by atoms with Gasteiger partial charge in [-0.2, -0.15) is 0 Å². The molecular formula is C8H9NO5S. The Morgan fingerprint density at radius 2 is 1.87 bits per heavy atom. The van der Waals surface area contributed by atoms with Crippen molar-refractivity contribution in [3.05, 3.63) is 39.9 Å². The highest BCUT2D eigenvalue weighted by molar-refractivity contribution is 7.72. The van der Waals surface area contributed by atoms with Crippen LogP contribution in [0.15, 0.2) is 24.3 Å². The van der Waals surface area contributed by atoms with Gasteiger partial charge in [0.05, 0.1) is 11.5 Å². The Kier molecular flexibility index (Phi) is 3.75. The molecule has 0 aliphatic rings. The lowest BCUT2D eigenvalue weighted by molar-refractivity contribution is -0.384. The molecule has 1 unspecified atom stereocenters. The Hall–Kier alpha value is -1.47. The number of thiol groups is 1. The maximum Gasteiger partial charge on any atom is 0.269 e. The minimum absolute atomic E-state index is 0.114. The van der Waals surface area contributed by atoms with E-state index in [0.717, 1.165) is 0 Å². The van der Waals surface area contributed by atoms with E-state index >= 15 is 0 Å². The molecule has 0 spiro atoms. The topological polar surface area (TPSA) is 97.5 Å². The van der Waals surface area contributed by atoms with Crippen LogP contribution in [0, 0.1) is 10.1 Å². The second-order valence-corrected chi connectivity index (χ2v) is 4.03. The van der Waals surface area contributed by atoms with Crippen molar-refractivity contribution in [2.75, 3.05) is 6.61 Å². The van der Waals surface area contributed by atoms with Gasteiger partial charge in [0.2, 0.25) is 0 Å². The second-order valence-electron chi connectivity index (χ2n) is 2.83. The zero-order chi connectivity index (χ0) is 11.4. The van der Waals surface area contributed by atoms with E-state index in [9.17, 15) is 18.5 Å². The van der Waals surface area contributed by atoms with Gasteiger partial charge in [-0.1, -0.05) is 12.1 Å². The summed E-state index contributed by atoms with van der Waals surface area (Å²) in [4.78, 5) is 9.75. The van der Waals surface area contributed by atoms with Gasteiger partial charge in [0, 0.05) is 12.1 Å². The molecule has 15 heavy (non-hydrogen) atoms. The number of hydrogen-bond acceptors (Lipinski definition) is 5. The lowest BCUT2D eigenvalue weighted by Crippen LogP contribution is -2.05. The van der Waals surface area contributed by atoms with Crippen LogP contribution in [0.5, 0.6) is 0 Å². The first-order valence-electron chi connectivity index (χ1n) is 4.05. The summed E-state index contributed by atoms with van der Waals surface area (Å²) in [6.07, 6.45) is 0. The monoisotopic (exact) mass is 231 g/mol. The molecular weight excluding hydrogens is 222 g/mol. The van der Waals surface area contributed by atoms with Gasteiger partial charge in [-0.05, 0) is 5.56 Å². The average Bonchev–Trinajstić information content (AvgIpc) is 2.19. The number of aliphatic hydroxyl groups excluding tert-OH is 1. The molecule has 0 fully saturated rings. The number of nitro benzene ring substituents is 1. The van der Waals surface area contributed by atoms with Crippen molar-refractivity contribution in [2.24, 2.45) is 0 Å². The van der Waals surface area contributed by atoms with E-state index in [-0.39, 0.29) is 5.69 Å². The Morgan fingerprint density at radius 1 is 1.33 bits per heavy atom. The predicted molar refractivity (Wildman–Crippen MR) is 53.2 cm³/mol. The van der Waals surface area contributed by atoms with E-state index in [2.05, 4.69) is 0 Å². The van der Waals surface area contributed by atoms with Crippen molar-refractivity contribution in [3.8, 4) is 0 Å². The lowest BCUT2D eigenvalue weighted by atomic mass is 10.1. The van der Waals surface area contributed by atoms with Crippen molar-refractivity contribution in [2.45, 2.75) is 5.25 Å². The largest absolute Gasteiger partial charge is 0.395 e. The quantitative estimate of drug-likeness (QED) is 0.439. The second kappa shape index (κ2) is 4.85. The SMILES string of the molecule is O=[N+]([O-])c1ccc(C(CO)[SH](=O)=O)cc1. The zero-order valence-electron chi connectivity index (χ0n) is 7.57. The Morgan fingerprint density at radius 3 is 2.20 bits per heavy atom. The van der Waals surface area contributed by atoms with Crippen molar-refractivity contribution >= 4 is 16.4 Å². The van der Waals surface area contributed by atoms with Gasteiger partial charge < -0.3 is 5.11 Å². The van der Waals surface area contributed by atoms with E-state index in [1.165, 1.54) is 24.3 Å². The van der Waals surface area contributed by atoms with Crippen LogP contribution in [0.1, 0.15) is 10.8 Å². The first-order valence-corrected chi connectivity index (χ1v) is 5.29. The van der Waals surface area contributed by atoms with Crippen LogP contribution in [-0.2, 0) is 10.7 Å². The molecule has 1 rings (SSSR count). The summed E-state index contributed by atoms with van der Waals surface area (Å²) in [5, 5.41) is 18.1. The third-order valence-electron chi connectivity index (χ3n) is 1.92. The van der Waals surface area contributed by atoms with Gasteiger partial charge in [0.25, 0.3) is 5.69 Å². The lowest BCUT2D eigenvalue weighted by Gasteiger charge is -2.05. The Bertz CT molecular complexity index is 417. The molecule has 0 bridgehead atoms. The van der Waals surface area contributed by atoms with Gasteiger partial charge in [0.15, 0.2) is 0 Å². The van der Waals surface area contributed by atoms with E-state index in [1.54, 1.807) is 0 Å². The van der Waals surface area contributed by atoms with Crippen molar-refractivity contribution in [3.63, 3.8) is 0 Å². The maximum atomic E-state index is 10.7. The van der Waals surface area contributed by atoms with E-state index in [1.807, 2.05) is 0 Å². The molecule has 1 aromatic carbocycles. The van der Waals surface area contributed by atoms with Gasteiger partial charge in [0.1, 0.15) is 16.0 Å². The minimum Gasteiger partial charge on any atom is -0.395 e. The molecule has 0 amide bonds. The molecule has 1 aromatic rings. The van der Waals surface area contributed by atoms with Crippen LogP contribution < -0.4 is 0 Å². The summed E-state index contributed by atoms with van der Waals surface area (Å²) in [7, 11) is -2.79. The first-order chi connectivity index (χ1) is 7.06. The molecule has 7 heteroatoms. The molecule has 0 heterocycles. The number of benzene rings is 1. The predicted octanol–water partition coefficient (Wildman–Crippen LogP) is 0.240. The molecule has 82 valence electrons. The average molecular weight is 231 g/mol. The summed E-state index contributed by atoms with van der Waals surface area (Å²) in [5.74, 6) is 0. The van der Waals surface area contributed by atoms with Crippen molar-refractivity contribution in [1.82, 2.24) is 0 Å². The van der Waals surface area contributed by atoms with Crippen LogP contribution in [0.25, 0.3) is 0 Å². The minimum atomic E-state index is -2.79. The normalized spacial score (nSPS) is 12.7. The summed E-state index contributed by atoms with van der Waals surface area (Å²) in [6, 6.07) is 5.06. The van der Waals surface area contributed by atoms with Crippen LogP contribution in [-0.4, -0.2) is 25.1 Å². The van der Waals surface area contributed by atoms with Crippen LogP contribution in [0.3, 0.4) is 0 Å². The van der Waals surface area contributed by atoms with Crippen LogP contribution in [0.2, 0.25) is 0 Å². The first kappa shape index (κ1) is 11.6. The number of rotatable bonds is 4. The summed E-state index contributed by atoms with van der Waals surface area (Å²) >= 11 is 0. The van der Waals surface area contributed by atoms with Crippen molar-refractivity contribution in [1.29, 1.82) is 0 Å². The summed E-state index contributed by atoms with van der Waals surface area (Å²) in [6.45, 7) is -0.531. The van der Waals surface area contributed by atoms with Gasteiger partial charge in [-0.15, -0.1) is 0 Å². The maximum absolute atomic E-state index is 10.7. The van der Waals surface area contributed by atoms with Crippen LogP contribution >= 0.6 is 0 Å². The third kappa shape index (κ3) is 2.74. The molecule has 0 saturated heterocycles. The Labute approximate surface area is 87.3 Å². The summed E-state index contributed by atoms with van der Waals surface area (Å²) in [5.41, 5.74) is 0.232.